The van der Waals surface area contributed by atoms with Crippen molar-refractivity contribution in [3.05, 3.63) is 36.2 Å². The Morgan fingerprint density at radius 1 is 1.10 bits per heavy atom. The molecular formula is C20H24F3N7. The van der Waals surface area contributed by atoms with Gasteiger partial charge in [-0.3, -0.25) is 0 Å². The number of halogens is 3. The van der Waals surface area contributed by atoms with Gasteiger partial charge in [0.25, 0.3) is 0 Å². The molecule has 1 aliphatic carbocycles. The fraction of sp³-hybridized carbons (Fsp3) is 0.450. The zero-order valence-electron chi connectivity index (χ0n) is 16.6. The molecule has 1 fully saturated rings. The van der Waals surface area contributed by atoms with Gasteiger partial charge in [0.05, 0.1) is 11.9 Å². The molecule has 0 radical (unpaired) electrons. The van der Waals surface area contributed by atoms with Crippen LogP contribution >= 0.6 is 0 Å². The van der Waals surface area contributed by atoms with Gasteiger partial charge >= 0.3 is 6.18 Å². The molecule has 1 aliphatic rings. The summed E-state index contributed by atoms with van der Waals surface area (Å²) >= 11 is 0. The molecule has 0 amide bonds. The van der Waals surface area contributed by atoms with E-state index in [9.17, 15) is 13.2 Å². The van der Waals surface area contributed by atoms with E-state index in [1.807, 2.05) is 11.5 Å². The van der Waals surface area contributed by atoms with Crippen molar-refractivity contribution < 1.29 is 13.2 Å². The van der Waals surface area contributed by atoms with E-state index in [-0.39, 0.29) is 12.1 Å². The number of aromatic nitrogens is 4. The zero-order chi connectivity index (χ0) is 21.3. The van der Waals surface area contributed by atoms with Crippen LogP contribution in [0.15, 0.2) is 30.6 Å². The number of nitrogens with two attached hydrogens (primary N) is 1. The van der Waals surface area contributed by atoms with E-state index in [1.54, 1.807) is 6.33 Å². The average molecular weight is 419 g/mol. The predicted octanol–water partition coefficient (Wildman–Crippen LogP) is 4.29. The van der Waals surface area contributed by atoms with Gasteiger partial charge in [-0.25, -0.2) is 4.98 Å². The number of benzene rings is 1. The van der Waals surface area contributed by atoms with E-state index in [4.69, 9.17) is 5.73 Å². The second kappa shape index (κ2) is 8.10. The van der Waals surface area contributed by atoms with E-state index >= 15 is 0 Å². The highest BCUT2D eigenvalue weighted by molar-refractivity contribution is 5.86. The number of rotatable bonds is 5. The highest BCUT2D eigenvalue weighted by atomic mass is 19.4. The molecule has 0 spiro atoms. The lowest BCUT2D eigenvalue weighted by Gasteiger charge is -2.26. The van der Waals surface area contributed by atoms with Crippen LogP contribution < -0.4 is 16.4 Å². The zero-order valence-corrected chi connectivity index (χ0v) is 16.6. The fourth-order valence-corrected chi connectivity index (χ4v) is 3.65. The first-order valence-electron chi connectivity index (χ1n) is 10.0. The number of fused-ring (bicyclic) bond motifs is 1. The van der Waals surface area contributed by atoms with Gasteiger partial charge in [-0.15, -0.1) is 0 Å². The van der Waals surface area contributed by atoms with Crippen molar-refractivity contribution in [3.8, 4) is 0 Å². The average Bonchev–Trinajstić information content (AvgIpc) is 3.13. The summed E-state index contributed by atoms with van der Waals surface area (Å²) < 4.78 is 40.4. The molecule has 0 aliphatic heterocycles. The summed E-state index contributed by atoms with van der Waals surface area (Å²) in [6.07, 6.45) is 1.09. The lowest BCUT2D eigenvalue weighted by Crippen LogP contribution is -2.33. The van der Waals surface area contributed by atoms with Crippen molar-refractivity contribution in [1.29, 1.82) is 0 Å². The van der Waals surface area contributed by atoms with Gasteiger partial charge in [0.1, 0.15) is 0 Å². The summed E-state index contributed by atoms with van der Waals surface area (Å²) in [6.45, 7) is 2.67. The maximum absolute atomic E-state index is 12.8. The van der Waals surface area contributed by atoms with Crippen molar-refractivity contribution >= 4 is 28.6 Å². The molecule has 1 aromatic carbocycles. The quantitative estimate of drug-likeness (QED) is 0.571. The Morgan fingerprint density at radius 3 is 2.43 bits per heavy atom. The van der Waals surface area contributed by atoms with Gasteiger partial charge in [-0.05, 0) is 56.9 Å². The molecule has 7 nitrogen and oxygen atoms in total. The number of nitrogens with zero attached hydrogens (tertiary/aromatic N) is 4. The number of hydrogen-bond acceptors (Lipinski definition) is 6. The number of hydrogen-bond donors (Lipinski definition) is 3. The Hall–Kier alpha value is -2.88. The SMILES string of the molecule is CCn1cnc2c(Nc3ccc(C(F)(F)F)cc3)nc(N[C@H]3CC[C@H](N)CC3)nc21. The molecular weight excluding hydrogens is 395 g/mol. The second-order valence-corrected chi connectivity index (χ2v) is 7.55. The second-order valence-electron chi connectivity index (χ2n) is 7.55. The van der Waals surface area contributed by atoms with Gasteiger partial charge in [0.15, 0.2) is 17.0 Å². The summed E-state index contributed by atoms with van der Waals surface area (Å²) in [5.74, 6) is 0.912. The normalized spacial score (nSPS) is 19.8. The Kier molecular flexibility index (Phi) is 5.50. The van der Waals surface area contributed by atoms with E-state index in [2.05, 4.69) is 25.6 Å². The number of aryl methyl sites for hydroxylation is 1. The van der Waals surface area contributed by atoms with Crippen LogP contribution in [0.4, 0.5) is 30.6 Å². The molecule has 0 unspecified atom stereocenters. The molecule has 30 heavy (non-hydrogen) atoms. The fourth-order valence-electron chi connectivity index (χ4n) is 3.65. The summed E-state index contributed by atoms with van der Waals surface area (Å²) in [6, 6.07) is 5.31. The lowest BCUT2D eigenvalue weighted by molar-refractivity contribution is -0.137. The molecule has 0 saturated heterocycles. The van der Waals surface area contributed by atoms with E-state index in [0.717, 1.165) is 37.8 Å². The van der Waals surface area contributed by atoms with Crippen molar-refractivity contribution in [1.82, 2.24) is 19.5 Å². The minimum Gasteiger partial charge on any atom is -0.351 e. The van der Waals surface area contributed by atoms with Crippen LogP contribution in [0.3, 0.4) is 0 Å². The van der Waals surface area contributed by atoms with E-state index in [1.165, 1.54) is 12.1 Å². The smallest absolute Gasteiger partial charge is 0.351 e. The minimum atomic E-state index is -4.37. The van der Waals surface area contributed by atoms with Crippen LogP contribution in [-0.4, -0.2) is 31.6 Å². The number of alkyl halides is 3. The van der Waals surface area contributed by atoms with Crippen LogP contribution in [0.5, 0.6) is 0 Å². The number of nitrogens with one attached hydrogen (secondary N) is 2. The topological polar surface area (TPSA) is 93.7 Å². The van der Waals surface area contributed by atoms with Crippen molar-refractivity contribution in [2.45, 2.75) is 57.4 Å². The first kappa shape index (κ1) is 20.4. The summed E-state index contributed by atoms with van der Waals surface area (Å²) in [5, 5.41) is 6.48. The largest absolute Gasteiger partial charge is 0.416 e. The summed E-state index contributed by atoms with van der Waals surface area (Å²) in [4.78, 5) is 13.6. The Labute approximate surface area is 171 Å². The molecule has 2 aromatic heterocycles. The van der Waals surface area contributed by atoms with Gasteiger partial charge in [-0.1, -0.05) is 0 Å². The molecule has 3 aromatic rings. The predicted molar refractivity (Wildman–Crippen MR) is 110 cm³/mol. The van der Waals surface area contributed by atoms with E-state index < -0.39 is 11.7 Å². The van der Waals surface area contributed by atoms with Crippen LogP contribution in [0.25, 0.3) is 11.2 Å². The number of imidazole rings is 1. The third-order valence-electron chi connectivity index (χ3n) is 5.38. The van der Waals surface area contributed by atoms with E-state index in [0.29, 0.717) is 35.2 Å². The molecule has 4 N–H and O–H groups in total. The summed E-state index contributed by atoms with van der Waals surface area (Å²) in [5.41, 5.74) is 7.00. The van der Waals surface area contributed by atoms with Crippen LogP contribution in [0.1, 0.15) is 38.2 Å². The molecule has 4 rings (SSSR count). The first-order valence-corrected chi connectivity index (χ1v) is 10.0. The third-order valence-corrected chi connectivity index (χ3v) is 5.38. The molecule has 0 atom stereocenters. The first-order chi connectivity index (χ1) is 14.3. The Balaban J connectivity index is 1.63. The maximum atomic E-state index is 12.8. The Morgan fingerprint density at radius 2 is 1.80 bits per heavy atom. The van der Waals surface area contributed by atoms with Crippen LogP contribution in [0, 0.1) is 0 Å². The molecule has 10 heteroatoms. The van der Waals surface area contributed by atoms with Crippen LogP contribution in [-0.2, 0) is 12.7 Å². The molecule has 0 bridgehead atoms. The Bertz CT molecular complexity index is 1010. The van der Waals surface area contributed by atoms with Crippen molar-refractivity contribution in [2.75, 3.05) is 10.6 Å². The third kappa shape index (κ3) is 4.33. The lowest BCUT2D eigenvalue weighted by atomic mass is 9.92. The van der Waals surface area contributed by atoms with Gasteiger partial charge in [-0.2, -0.15) is 23.1 Å². The van der Waals surface area contributed by atoms with Crippen molar-refractivity contribution in [3.63, 3.8) is 0 Å². The molecule has 160 valence electrons. The van der Waals surface area contributed by atoms with Crippen LogP contribution in [0.2, 0.25) is 0 Å². The molecule has 1 saturated carbocycles. The monoisotopic (exact) mass is 419 g/mol. The summed E-state index contributed by atoms with van der Waals surface area (Å²) in [7, 11) is 0. The van der Waals surface area contributed by atoms with Gasteiger partial charge < -0.3 is 20.9 Å². The number of anilines is 3. The van der Waals surface area contributed by atoms with Crippen molar-refractivity contribution in [2.24, 2.45) is 5.73 Å². The van der Waals surface area contributed by atoms with Gasteiger partial charge in [0, 0.05) is 24.3 Å². The van der Waals surface area contributed by atoms with Gasteiger partial charge in [0.2, 0.25) is 5.95 Å². The highest BCUT2D eigenvalue weighted by Crippen LogP contribution is 2.31. The minimum absolute atomic E-state index is 0.235. The molecule has 2 heterocycles. The standard InChI is InChI=1S/C20H24F3N7/c1-2-30-11-25-16-17(26-14-7-3-12(4-8-14)20(21,22)23)28-19(29-18(16)30)27-15-9-5-13(24)6-10-15/h3-4,7-8,11,13,15H,2,5-6,9-10,24H2,1H3,(H2,26,27,28,29)/t13-,15-. The maximum Gasteiger partial charge on any atom is 0.416 e. The highest BCUT2D eigenvalue weighted by Gasteiger charge is 2.30.